The Morgan fingerprint density at radius 1 is 1.11 bits per heavy atom. The molecule has 0 unspecified atom stereocenters. The molecule has 3 heterocycles. The lowest BCUT2D eigenvalue weighted by molar-refractivity contribution is -0.130. The standard InChI is InChI=1S/C22H27FN4O/c1-16(28)26-12-7-20(8-13-26)27-11-3-5-18(15-27)22-21(24-9-10-25-22)17-4-2-6-19(23)14-17/h2,4,6,9-10,14,18,20H,3,5,7-8,11-13,15H2,1H3/t18-/m0/s1. The molecule has 2 aliphatic rings. The fourth-order valence-corrected chi connectivity index (χ4v) is 4.61. The normalized spacial score (nSPS) is 21.6. The first kappa shape index (κ1) is 19.0. The molecule has 2 aliphatic heterocycles. The van der Waals surface area contributed by atoms with Gasteiger partial charge >= 0.3 is 0 Å². The summed E-state index contributed by atoms with van der Waals surface area (Å²) in [4.78, 5) is 25.3. The van der Waals surface area contributed by atoms with Crippen molar-refractivity contribution in [2.45, 2.75) is 44.6 Å². The van der Waals surface area contributed by atoms with E-state index >= 15 is 0 Å². The molecule has 148 valence electrons. The van der Waals surface area contributed by atoms with Crippen LogP contribution in [-0.2, 0) is 4.79 Å². The SMILES string of the molecule is CC(=O)N1CCC(N2CCC[C@H](c3nccnc3-c3cccc(F)c3)C2)CC1. The van der Waals surface area contributed by atoms with Gasteiger partial charge in [-0.1, -0.05) is 12.1 Å². The number of amides is 1. The van der Waals surface area contributed by atoms with E-state index in [1.54, 1.807) is 25.4 Å². The smallest absolute Gasteiger partial charge is 0.219 e. The molecular formula is C22H27FN4O. The Morgan fingerprint density at radius 2 is 1.89 bits per heavy atom. The first-order valence-corrected chi connectivity index (χ1v) is 10.2. The van der Waals surface area contributed by atoms with Crippen LogP contribution in [0, 0.1) is 5.82 Å². The zero-order valence-electron chi connectivity index (χ0n) is 16.4. The lowest BCUT2D eigenvalue weighted by Gasteiger charge is -2.42. The molecule has 28 heavy (non-hydrogen) atoms. The molecule has 5 nitrogen and oxygen atoms in total. The van der Waals surface area contributed by atoms with Crippen molar-refractivity contribution in [3.8, 4) is 11.3 Å². The summed E-state index contributed by atoms with van der Waals surface area (Å²) in [5, 5.41) is 0. The molecule has 2 saturated heterocycles. The summed E-state index contributed by atoms with van der Waals surface area (Å²) in [5.74, 6) is 0.220. The Kier molecular flexibility index (Phi) is 5.67. The molecule has 2 fully saturated rings. The second-order valence-electron chi connectivity index (χ2n) is 7.87. The van der Waals surface area contributed by atoms with E-state index in [0.717, 1.165) is 68.8 Å². The van der Waals surface area contributed by atoms with Crippen molar-refractivity contribution in [2.24, 2.45) is 0 Å². The van der Waals surface area contributed by atoms with Gasteiger partial charge in [0.1, 0.15) is 5.82 Å². The number of carbonyl (C=O) groups excluding carboxylic acids is 1. The van der Waals surface area contributed by atoms with Gasteiger partial charge < -0.3 is 4.90 Å². The molecule has 4 rings (SSSR count). The van der Waals surface area contributed by atoms with E-state index in [-0.39, 0.29) is 11.7 Å². The van der Waals surface area contributed by atoms with E-state index in [0.29, 0.717) is 12.0 Å². The molecule has 0 bridgehead atoms. The number of rotatable bonds is 3. The number of hydrogen-bond acceptors (Lipinski definition) is 4. The molecule has 2 aromatic rings. The fourth-order valence-electron chi connectivity index (χ4n) is 4.61. The number of likely N-dealkylation sites (tertiary alicyclic amines) is 2. The maximum atomic E-state index is 13.7. The fraction of sp³-hybridized carbons (Fsp3) is 0.500. The van der Waals surface area contributed by atoms with Crippen molar-refractivity contribution in [2.75, 3.05) is 26.2 Å². The zero-order chi connectivity index (χ0) is 19.5. The molecule has 0 aliphatic carbocycles. The largest absolute Gasteiger partial charge is 0.343 e. The predicted octanol–water partition coefficient (Wildman–Crippen LogP) is 3.47. The quantitative estimate of drug-likeness (QED) is 0.816. The third-order valence-electron chi connectivity index (χ3n) is 6.09. The number of nitrogens with zero attached hydrogens (tertiary/aromatic N) is 4. The summed E-state index contributed by atoms with van der Waals surface area (Å²) >= 11 is 0. The van der Waals surface area contributed by atoms with Gasteiger partial charge in [0.25, 0.3) is 0 Å². The van der Waals surface area contributed by atoms with Crippen molar-refractivity contribution in [3.63, 3.8) is 0 Å². The highest BCUT2D eigenvalue weighted by atomic mass is 19.1. The average Bonchev–Trinajstić information content (AvgIpc) is 2.74. The second-order valence-corrected chi connectivity index (χ2v) is 7.87. The van der Waals surface area contributed by atoms with Crippen LogP contribution in [0.15, 0.2) is 36.7 Å². The Hall–Kier alpha value is -2.34. The zero-order valence-corrected chi connectivity index (χ0v) is 16.4. The highest BCUT2D eigenvalue weighted by molar-refractivity contribution is 5.73. The van der Waals surface area contributed by atoms with Gasteiger partial charge in [0.15, 0.2) is 0 Å². The van der Waals surface area contributed by atoms with Gasteiger partial charge in [-0.15, -0.1) is 0 Å². The summed E-state index contributed by atoms with van der Waals surface area (Å²) in [6.45, 7) is 5.39. The molecule has 0 N–H and O–H groups in total. The number of aromatic nitrogens is 2. The number of halogens is 1. The van der Waals surface area contributed by atoms with Crippen LogP contribution in [0.4, 0.5) is 4.39 Å². The van der Waals surface area contributed by atoms with Gasteiger partial charge in [0.2, 0.25) is 5.91 Å². The first-order chi connectivity index (χ1) is 13.6. The number of benzene rings is 1. The first-order valence-electron chi connectivity index (χ1n) is 10.2. The van der Waals surface area contributed by atoms with E-state index in [4.69, 9.17) is 0 Å². The van der Waals surface area contributed by atoms with Gasteiger partial charge in [0, 0.05) is 56.5 Å². The van der Waals surface area contributed by atoms with Crippen molar-refractivity contribution < 1.29 is 9.18 Å². The Morgan fingerprint density at radius 3 is 2.64 bits per heavy atom. The van der Waals surface area contributed by atoms with Crippen LogP contribution in [0.5, 0.6) is 0 Å². The van der Waals surface area contributed by atoms with E-state index in [2.05, 4.69) is 14.9 Å². The molecule has 1 amide bonds. The summed E-state index contributed by atoms with van der Waals surface area (Å²) in [6.07, 6.45) is 7.68. The molecule has 0 saturated carbocycles. The van der Waals surface area contributed by atoms with Crippen LogP contribution in [-0.4, -0.2) is 57.9 Å². The average molecular weight is 382 g/mol. The number of piperidine rings is 2. The molecule has 0 radical (unpaired) electrons. The van der Waals surface area contributed by atoms with Crippen LogP contribution >= 0.6 is 0 Å². The molecule has 1 atom stereocenters. The van der Waals surface area contributed by atoms with E-state index in [9.17, 15) is 9.18 Å². The highest BCUT2D eigenvalue weighted by Gasteiger charge is 2.31. The molecule has 0 spiro atoms. The van der Waals surface area contributed by atoms with Crippen LogP contribution in [0.3, 0.4) is 0 Å². The molecule has 6 heteroatoms. The van der Waals surface area contributed by atoms with Gasteiger partial charge in [-0.2, -0.15) is 0 Å². The lowest BCUT2D eigenvalue weighted by atomic mass is 9.89. The molecular weight excluding hydrogens is 355 g/mol. The lowest BCUT2D eigenvalue weighted by Crippen LogP contribution is -2.49. The Bertz CT molecular complexity index is 835. The van der Waals surface area contributed by atoms with Crippen LogP contribution in [0.25, 0.3) is 11.3 Å². The van der Waals surface area contributed by atoms with Crippen molar-refractivity contribution in [3.05, 3.63) is 48.2 Å². The maximum Gasteiger partial charge on any atom is 0.219 e. The van der Waals surface area contributed by atoms with Gasteiger partial charge in [-0.05, 0) is 44.4 Å². The predicted molar refractivity (Wildman–Crippen MR) is 106 cm³/mol. The number of hydrogen-bond donors (Lipinski definition) is 0. The Labute approximate surface area is 165 Å². The van der Waals surface area contributed by atoms with Gasteiger partial charge in [-0.25, -0.2) is 4.39 Å². The number of carbonyl (C=O) groups is 1. The van der Waals surface area contributed by atoms with Crippen molar-refractivity contribution >= 4 is 5.91 Å². The topological polar surface area (TPSA) is 49.3 Å². The van der Waals surface area contributed by atoms with E-state index in [1.807, 2.05) is 11.0 Å². The van der Waals surface area contributed by atoms with Crippen LogP contribution in [0.2, 0.25) is 0 Å². The minimum atomic E-state index is -0.253. The Balaban J connectivity index is 1.51. The van der Waals surface area contributed by atoms with Crippen LogP contribution in [0.1, 0.15) is 44.2 Å². The van der Waals surface area contributed by atoms with Crippen molar-refractivity contribution in [1.82, 2.24) is 19.8 Å². The van der Waals surface area contributed by atoms with Crippen LogP contribution < -0.4 is 0 Å². The van der Waals surface area contributed by atoms with Crippen molar-refractivity contribution in [1.29, 1.82) is 0 Å². The second kappa shape index (κ2) is 8.35. The minimum absolute atomic E-state index is 0.175. The minimum Gasteiger partial charge on any atom is -0.343 e. The van der Waals surface area contributed by atoms with Gasteiger partial charge in [-0.3, -0.25) is 19.7 Å². The highest BCUT2D eigenvalue weighted by Crippen LogP contribution is 2.33. The molecule has 1 aromatic carbocycles. The maximum absolute atomic E-state index is 13.7. The summed E-state index contributed by atoms with van der Waals surface area (Å²) in [6, 6.07) is 7.13. The van der Waals surface area contributed by atoms with E-state index < -0.39 is 0 Å². The summed E-state index contributed by atoms with van der Waals surface area (Å²) in [7, 11) is 0. The molecule has 1 aromatic heterocycles. The van der Waals surface area contributed by atoms with Gasteiger partial charge in [0.05, 0.1) is 11.4 Å². The third kappa shape index (κ3) is 4.07. The summed E-state index contributed by atoms with van der Waals surface area (Å²) < 4.78 is 13.7. The monoisotopic (exact) mass is 382 g/mol. The summed E-state index contributed by atoms with van der Waals surface area (Å²) in [5.41, 5.74) is 2.55. The third-order valence-corrected chi connectivity index (χ3v) is 6.09. The van der Waals surface area contributed by atoms with E-state index in [1.165, 1.54) is 12.1 Å².